The van der Waals surface area contributed by atoms with Gasteiger partial charge in [-0.05, 0) is 31.2 Å². The number of rotatable bonds is 5. The summed E-state index contributed by atoms with van der Waals surface area (Å²) in [5.74, 6) is 0.295. The summed E-state index contributed by atoms with van der Waals surface area (Å²) in [5.41, 5.74) is 3.56. The Morgan fingerprint density at radius 3 is 2.70 bits per heavy atom. The molecule has 0 saturated carbocycles. The van der Waals surface area contributed by atoms with Crippen molar-refractivity contribution >= 4 is 34.2 Å². The van der Waals surface area contributed by atoms with Gasteiger partial charge in [-0.2, -0.15) is 10.4 Å². The Labute approximate surface area is 178 Å². The third-order valence-corrected chi connectivity index (χ3v) is 4.93. The van der Waals surface area contributed by atoms with Crippen LogP contribution in [0.1, 0.15) is 22.5 Å². The summed E-state index contributed by atoms with van der Waals surface area (Å²) < 4.78 is 1.64. The van der Waals surface area contributed by atoms with Crippen molar-refractivity contribution in [2.24, 2.45) is 0 Å². The van der Waals surface area contributed by atoms with E-state index < -0.39 is 0 Å². The van der Waals surface area contributed by atoms with Crippen molar-refractivity contribution in [1.29, 1.82) is 5.26 Å². The number of nitriles is 1. The van der Waals surface area contributed by atoms with Crippen LogP contribution in [0.3, 0.4) is 0 Å². The van der Waals surface area contributed by atoms with E-state index >= 15 is 0 Å². The molecule has 0 aliphatic heterocycles. The number of aromatic nitrogens is 3. The van der Waals surface area contributed by atoms with Gasteiger partial charge in [0, 0.05) is 22.0 Å². The molecule has 0 spiro atoms. The molecule has 0 bridgehead atoms. The van der Waals surface area contributed by atoms with Crippen molar-refractivity contribution in [3.05, 3.63) is 76.9 Å². The van der Waals surface area contributed by atoms with E-state index in [0.29, 0.717) is 35.1 Å². The second-order valence-corrected chi connectivity index (χ2v) is 7.27. The van der Waals surface area contributed by atoms with E-state index in [1.54, 1.807) is 28.9 Å². The fourth-order valence-electron chi connectivity index (χ4n) is 3.29. The Morgan fingerprint density at radius 2 is 1.93 bits per heavy atom. The third kappa shape index (κ3) is 4.02. The molecule has 0 unspecified atom stereocenters. The van der Waals surface area contributed by atoms with E-state index in [0.717, 1.165) is 22.2 Å². The summed E-state index contributed by atoms with van der Waals surface area (Å²) >= 11 is 6.01. The minimum Gasteiger partial charge on any atom is -0.307 e. The molecule has 0 aliphatic rings. The lowest BCUT2D eigenvalue weighted by Crippen LogP contribution is -2.16. The number of para-hydroxylation sites is 1. The molecule has 0 aliphatic carbocycles. The molecule has 2 heterocycles. The summed E-state index contributed by atoms with van der Waals surface area (Å²) in [6.07, 6.45) is 0.308. The maximum Gasteiger partial charge on any atom is 0.257 e. The first kappa shape index (κ1) is 19.6. The van der Waals surface area contributed by atoms with Crippen LogP contribution >= 0.6 is 11.6 Å². The lowest BCUT2D eigenvalue weighted by atomic mass is 10.0. The molecule has 1 N–H and O–H groups in total. The molecule has 2 aromatic carbocycles. The molecule has 1 amide bonds. The van der Waals surface area contributed by atoms with Crippen LogP contribution in [0.15, 0.2) is 60.7 Å². The molecule has 148 valence electrons. The van der Waals surface area contributed by atoms with E-state index in [4.69, 9.17) is 21.8 Å². The fourth-order valence-corrected chi connectivity index (χ4v) is 3.41. The van der Waals surface area contributed by atoms with Crippen LogP contribution in [-0.4, -0.2) is 20.7 Å². The van der Waals surface area contributed by atoms with Crippen LogP contribution in [0.4, 0.5) is 5.82 Å². The number of carbonyl (C=O) groups excluding carboxylic acids is 1. The predicted octanol–water partition coefficient (Wildman–Crippen LogP) is 5.23. The number of hydrogen-bond donors (Lipinski definition) is 1. The van der Waals surface area contributed by atoms with Crippen molar-refractivity contribution in [2.75, 3.05) is 5.32 Å². The molecule has 0 radical (unpaired) electrons. The topological polar surface area (TPSA) is 83.6 Å². The van der Waals surface area contributed by atoms with Crippen LogP contribution in [-0.2, 0) is 6.54 Å². The first-order valence-electron chi connectivity index (χ1n) is 9.43. The van der Waals surface area contributed by atoms with Gasteiger partial charge >= 0.3 is 0 Å². The third-order valence-electron chi connectivity index (χ3n) is 4.68. The molecule has 6 nitrogen and oxygen atoms in total. The van der Waals surface area contributed by atoms with Gasteiger partial charge in [0.1, 0.15) is 5.82 Å². The van der Waals surface area contributed by atoms with Crippen LogP contribution in [0.25, 0.3) is 22.2 Å². The van der Waals surface area contributed by atoms with E-state index in [1.807, 2.05) is 43.3 Å². The lowest BCUT2D eigenvalue weighted by molar-refractivity contribution is 0.102. The molecule has 30 heavy (non-hydrogen) atoms. The Balaban J connectivity index is 1.75. The molecular weight excluding hydrogens is 398 g/mol. The van der Waals surface area contributed by atoms with Crippen molar-refractivity contribution in [3.8, 4) is 17.3 Å². The number of anilines is 1. The highest BCUT2D eigenvalue weighted by molar-refractivity contribution is 6.30. The zero-order chi connectivity index (χ0) is 21.1. The Bertz CT molecular complexity index is 1270. The number of amides is 1. The summed E-state index contributed by atoms with van der Waals surface area (Å²) in [5, 5.41) is 17.6. The number of nitrogens with zero attached hydrogens (tertiary/aromatic N) is 4. The standard InChI is InChI=1S/C23H18ClN5O/c1-15-13-22(29(28-15)12-4-11-25)27-23(30)19-14-21(16-7-9-17(24)10-8-16)26-20-6-3-2-5-18(19)20/h2-3,5-10,13-14H,4,12H2,1H3,(H,27,30). The fraction of sp³-hybridized carbons (Fsp3) is 0.130. The lowest BCUT2D eigenvalue weighted by Gasteiger charge is -2.11. The first-order chi connectivity index (χ1) is 14.5. The SMILES string of the molecule is Cc1cc(NC(=O)c2cc(-c3ccc(Cl)cc3)nc3ccccc23)n(CCC#N)n1. The normalized spacial score (nSPS) is 10.7. The van der Waals surface area contributed by atoms with E-state index in [1.165, 1.54) is 0 Å². The second kappa shape index (κ2) is 8.36. The second-order valence-electron chi connectivity index (χ2n) is 6.84. The van der Waals surface area contributed by atoms with Gasteiger partial charge in [-0.1, -0.05) is 41.9 Å². The zero-order valence-corrected chi connectivity index (χ0v) is 17.0. The maximum absolute atomic E-state index is 13.2. The van der Waals surface area contributed by atoms with Crippen LogP contribution in [0.5, 0.6) is 0 Å². The summed E-state index contributed by atoms with van der Waals surface area (Å²) in [7, 11) is 0. The average molecular weight is 416 g/mol. The van der Waals surface area contributed by atoms with E-state index in [-0.39, 0.29) is 5.91 Å². The number of fused-ring (bicyclic) bond motifs is 1. The average Bonchev–Trinajstić information content (AvgIpc) is 3.10. The maximum atomic E-state index is 13.2. The van der Waals surface area contributed by atoms with Crippen molar-refractivity contribution < 1.29 is 4.79 Å². The number of pyridine rings is 1. The smallest absolute Gasteiger partial charge is 0.257 e. The van der Waals surface area contributed by atoms with Crippen molar-refractivity contribution in [1.82, 2.24) is 14.8 Å². The van der Waals surface area contributed by atoms with Crippen LogP contribution in [0.2, 0.25) is 5.02 Å². The van der Waals surface area contributed by atoms with Gasteiger partial charge in [-0.3, -0.25) is 4.79 Å². The molecule has 4 aromatic rings. The zero-order valence-electron chi connectivity index (χ0n) is 16.3. The van der Waals surface area contributed by atoms with Gasteiger partial charge in [0.2, 0.25) is 0 Å². The Morgan fingerprint density at radius 1 is 1.17 bits per heavy atom. The number of halogens is 1. The van der Waals surface area contributed by atoms with Crippen molar-refractivity contribution in [2.45, 2.75) is 19.9 Å². The molecule has 0 fully saturated rings. The number of hydrogen-bond acceptors (Lipinski definition) is 4. The minimum absolute atomic E-state index is 0.262. The Hall–Kier alpha value is -3.69. The monoisotopic (exact) mass is 415 g/mol. The van der Waals surface area contributed by atoms with Gasteiger partial charge < -0.3 is 5.32 Å². The number of benzene rings is 2. The number of nitrogens with one attached hydrogen (secondary N) is 1. The quantitative estimate of drug-likeness (QED) is 0.484. The molecular formula is C23H18ClN5O. The number of aryl methyl sites for hydroxylation is 2. The van der Waals surface area contributed by atoms with Crippen LogP contribution < -0.4 is 5.32 Å². The van der Waals surface area contributed by atoms with E-state index in [2.05, 4.69) is 16.5 Å². The molecule has 0 atom stereocenters. The highest BCUT2D eigenvalue weighted by Gasteiger charge is 2.16. The minimum atomic E-state index is -0.262. The molecule has 7 heteroatoms. The predicted molar refractivity (Wildman–Crippen MR) is 117 cm³/mol. The van der Waals surface area contributed by atoms with Gasteiger partial charge in [-0.15, -0.1) is 0 Å². The van der Waals surface area contributed by atoms with Gasteiger partial charge in [0.25, 0.3) is 5.91 Å². The molecule has 2 aromatic heterocycles. The number of carbonyl (C=O) groups is 1. The molecule has 0 saturated heterocycles. The summed E-state index contributed by atoms with van der Waals surface area (Å²) in [4.78, 5) is 17.9. The van der Waals surface area contributed by atoms with E-state index in [9.17, 15) is 4.79 Å². The van der Waals surface area contributed by atoms with Gasteiger partial charge in [0.05, 0.1) is 41.5 Å². The highest BCUT2D eigenvalue weighted by Crippen LogP contribution is 2.26. The highest BCUT2D eigenvalue weighted by atomic mass is 35.5. The van der Waals surface area contributed by atoms with Crippen LogP contribution in [0, 0.1) is 18.3 Å². The largest absolute Gasteiger partial charge is 0.307 e. The van der Waals surface area contributed by atoms with Gasteiger partial charge in [-0.25, -0.2) is 9.67 Å². The van der Waals surface area contributed by atoms with Crippen molar-refractivity contribution in [3.63, 3.8) is 0 Å². The molecule has 4 rings (SSSR count). The summed E-state index contributed by atoms with van der Waals surface area (Å²) in [6.45, 7) is 2.26. The Kier molecular flexibility index (Phi) is 5.46. The first-order valence-corrected chi connectivity index (χ1v) is 9.81. The van der Waals surface area contributed by atoms with Gasteiger partial charge in [0.15, 0.2) is 0 Å². The summed E-state index contributed by atoms with van der Waals surface area (Å²) in [6, 6.07) is 20.5.